The van der Waals surface area contributed by atoms with Crippen molar-refractivity contribution in [3.63, 3.8) is 0 Å². The molecular weight excluding hydrogens is 234 g/mol. The smallest absolute Gasteiger partial charge is 0.129 e. The van der Waals surface area contributed by atoms with Gasteiger partial charge in [-0.05, 0) is 18.3 Å². The number of hydrogen-bond donors (Lipinski definition) is 1. The van der Waals surface area contributed by atoms with Gasteiger partial charge in [0.2, 0.25) is 0 Å². The Morgan fingerprint density at radius 2 is 2.06 bits per heavy atom. The summed E-state index contributed by atoms with van der Waals surface area (Å²) in [7, 11) is 0. The minimum Gasteiger partial charge on any atom is -0.368 e. The number of aromatic nitrogens is 2. The zero-order valence-corrected chi connectivity index (χ0v) is 11.9. The fourth-order valence-corrected chi connectivity index (χ4v) is 2.18. The molecule has 0 radical (unpaired) electrons. The van der Waals surface area contributed by atoms with Crippen molar-refractivity contribution in [2.75, 3.05) is 11.9 Å². The summed E-state index contributed by atoms with van der Waals surface area (Å²) < 4.78 is 0. The lowest BCUT2D eigenvalue weighted by atomic mass is 9.90. The highest BCUT2D eigenvalue weighted by Crippen LogP contribution is 2.23. The number of nitrogens with one attached hydrogen (secondary N) is 1. The zero-order valence-electron chi connectivity index (χ0n) is 11.1. The molecule has 96 valence electrons. The lowest BCUT2D eigenvalue weighted by Crippen LogP contribution is -2.21. The number of aryl methyl sites for hydroxylation is 1. The van der Waals surface area contributed by atoms with Gasteiger partial charge in [-0.25, -0.2) is 9.97 Å². The van der Waals surface area contributed by atoms with Gasteiger partial charge in [0.1, 0.15) is 12.1 Å². The van der Waals surface area contributed by atoms with Crippen molar-refractivity contribution >= 4 is 17.4 Å². The Hall–Kier alpha value is -0.830. The quantitative estimate of drug-likeness (QED) is 0.819. The largest absolute Gasteiger partial charge is 0.368 e. The number of rotatable bonds is 5. The predicted molar refractivity (Wildman–Crippen MR) is 73.6 cm³/mol. The van der Waals surface area contributed by atoms with E-state index in [9.17, 15) is 0 Å². The first-order chi connectivity index (χ1) is 7.90. The van der Waals surface area contributed by atoms with Gasteiger partial charge in [0.15, 0.2) is 0 Å². The van der Waals surface area contributed by atoms with Gasteiger partial charge in [0.25, 0.3) is 0 Å². The Labute approximate surface area is 109 Å². The molecule has 0 saturated heterocycles. The highest BCUT2D eigenvalue weighted by molar-refractivity contribution is 6.20. The van der Waals surface area contributed by atoms with Gasteiger partial charge in [-0.2, -0.15) is 0 Å². The summed E-state index contributed by atoms with van der Waals surface area (Å²) in [5.41, 5.74) is 1.30. The van der Waals surface area contributed by atoms with Gasteiger partial charge >= 0.3 is 0 Å². The second-order valence-electron chi connectivity index (χ2n) is 5.49. The molecule has 0 aliphatic heterocycles. The minimum absolute atomic E-state index is 0.120. The van der Waals surface area contributed by atoms with Gasteiger partial charge in [0, 0.05) is 18.3 Å². The van der Waals surface area contributed by atoms with Crippen LogP contribution in [0.3, 0.4) is 0 Å². The van der Waals surface area contributed by atoms with Gasteiger partial charge in [0.05, 0.1) is 5.38 Å². The van der Waals surface area contributed by atoms with E-state index in [2.05, 4.69) is 43.0 Å². The summed E-state index contributed by atoms with van der Waals surface area (Å²) >= 11 is 6.28. The van der Waals surface area contributed by atoms with Crippen LogP contribution >= 0.6 is 11.6 Å². The Morgan fingerprint density at radius 1 is 1.35 bits per heavy atom. The molecule has 1 N–H and O–H groups in total. The summed E-state index contributed by atoms with van der Waals surface area (Å²) in [6.45, 7) is 9.40. The lowest BCUT2D eigenvalue weighted by molar-refractivity contribution is 0.373. The molecule has 1 aromatic heterocycles. The molecule has 4 heteroatoms. The standard InChI is InChI=1S/C13H22ClN3/c1-5-11-6-12(17-9-16-11)15-8-10(14)7-13(2,3)4/h6,9-10H,5,7-8H2,1-4H3,(H,15,16,17). The first-order valence-corrected chi connectivity index (χ1v) is 6.53. The van der Waals surface area contributed by atoms with Crippen LogP contribution in [0.4, 0.5) is 5.82 Å². The van der Waals surface area contributed by atoms with Crippen LogP contribution in [0.25, 0.3) is 0 Å². The van der Waals surface area contributed by atoms with E-state index in [1.807, 2.05) is 6.07 Å². The number of halogens is 1. The summed E-state index contributed by atoms with van der Waals surface area (Å²) in [5.74, 6) is 0.858. The second kappa shape index (κ2) is 6.20. The summed E-state index contributed by atoms with van der Waals surface area (Å²) in [4.78, 5) is 8.34. The Morgan fingerprint density at radius 3 is 2.65 bits per heavy atom. The van der Waals surface area contributed by atoms with Crippen LogP contribution in [0, 0.1) is 5.41 Å². The fourth-order valence-electron chi connectivity index (χ4n) is 1.64. The van der Waals surface area contributed by atoms with Crippen molar-refractivity contribution in [1.82, 2.24) is 9.97 Å². The number of hydrogen-bond acceptors (Lipinski definition) is 3. The van der Waals surface area contributed by atoms with Crippen molar-refractivity contribution in [3.05, 3.63) is 18.1 Å². The van der Waals surface area contributed by atoms with E-state index in [-0.39, 0.29) is 10.8 Å². The summed E-state index contributed by atoms with van der Waals surface area (Å²) in [6, 6.07) is 1.97. The molecule has 17 heavy (non-hydrogen) atoms. The molecule has 0 fully saturated rings. The molecule has 0 bridgehead atoms. The Balaban J connectivity index is 2.44. The molecule has 1 unspecified atom stereocenters. The molecule has 0 aliphatic carbocycles. The third kappa shape index (κ3) is 5.87. The Bertz CT molecular complexity index is 347. The zero-order chi connectivity index (χ0) is 12.9. The molecule has 1 rings (SSSR count). The second-order valence-corrected chi connectivity index (χ2v) is 6.11. The predicted octanol–water partition coefficient (Wildman–Crippen LogP) is 3.49. The van der Waals surface area contributed by atoms with Crippen LogP contribution in [-0.4, -0.2) is 21.9 Å². The first-order valence-electron chi connectivity index (χ1n) is 6.09. The summed E-state index contributed by atoms with van der Waals surface area (Å²) in [5, 5.41) is 3.38. The maximum absolute atomic E-state index is 6.28. The molecule has 0 aliphatic rings. The molecule has 0 aromatic carbocycles. The van der Waals surface area contributed by atoms with E-state index in [1.165, 1.54) is 0 Å². The summed E-state index contributed by atoms with van der Waals surface area (Å²) in [6.07, 6.45) is 3.49. The number of alkyl halides is 1. The van der Waals surface area contributed by atoms with Crippen LogP contribution in [0.2, 0.25) is 0 Å². The Kier molecular flexibility index (Phi) is 5.19. The average Bonchev–Trinajstić information content (AvgIpc) is 2.24. The van der Waals surface area contributed by atoms with Crippen molar-refractivity contribution in [1.29, 1.82) is 0 Å². The molecule has 1 heterocycles. The molecule has 3 nitrogen and oxygen atoms in total. The van der Waals surface area contributed by atoms with Crippen LogP contribution < -0.4 is 5.32 Å². The van der Waals surface area contributed by atoms with Gasteiger partial charge < -0.3 is 5.32 Å². The highest BCUT2D eigenvalue weighted by Gasteiger charge is 2.16. The highest BCUT2D eigenvalue weighted by atomic mass is 35.5. The van der Waals surface area contributed by atoms with Crippen LogP contribution in [0.5, 0.6) is 0 Å². The van der Waals surface area contributed by atoms with E-state index >= 15 is 0 Å². The van der Waals surface area contributed by atoms with Gasteiger partial charge in [-0.1, -0.05) is 27.7 Å². The minimum atomic E-state index is 0.120. The third-order valence-corrected chi connectivity index (χ3v) is 2.73. The van der Waals surface area contributed by atoms with E-state index < -0.39 is 0 Å². The average molecular weight is 256 g/mol. The topological polar surface area (TPSA) is 37.8 Å². The SMILES string of the molecule is CCc1cc(NCC(Cl)CC(C)(C)C)ncn1. The van der Waals surface area contributed by atoms with Crippen LogP contribution in [-0.2, 0) is 6.42 Å². The van der Waals surface area contributed by atoms with Crippen LogP contribution in [0.15, 0.2) is 12.4 Å². The van der Waals surface area contributed by atoms with Crippen molar-refractivity contribution < 1.29 is 0 Å². The van der Waals surface area contributed by atoms with Crippen LogP contribution in [0.1, 0.15) is 39.8 Å². The maximum atomic E-state index is 6.28. The molecule has 1 atom stereocenters. The monoisotopic (exact) mass is 255 g/mol. The number of nitrogens with zero attached hydrogens (tertiary/aromatic N) is 2. The molecule has 1 aromatic rings. The van der Waals surface area contributed by atoms with E-state index in [1.54, 1.807) is 6.33 Å². The van der Waals surface area contributed by atoms with Crippen molar-refractivity contribution in [2.24, 2.45) is 5.41 Å². The van der Waals surface area contributed by atoms with E-state index in [0.29, 0.717) is 0 Å². The van der Waals surface area contributed by atoms with Crippen molar-refractivity contribution in [2.45, 2.75) is 45.9 Å². The van der Waals surface area contributed by atoms with Crippen molar-refractivity contribution in [3.8, 4) is 0 Å². The molecule has 0 saturated carbocycles. The van der Waals surface area contributed by atoms with E-state index in [4.69, 9.17) is 11.6 Å². The van der Waals surface area contributed by atoms with Gasteiger partial charge in [-0.15, -0.1) is 11.6 Å². The maximum Gasteiger partial charge on any atom is 0.129 e. The van der Waals surface area contributed by atoms with Gasteiger partial charge in [-0.3, -0.25) is 0 Å². The molecular formula is C13H22ClN3. The molecule has 0 amide bonds. The molecule has 0 spiro atoms. The normalized spacial score (nSPS) is 13.5. The van der Waals surface area contributed by atoms with E-state index in [0.717, 1.165) is 30.9 Å². The lowest BCUT2D eigenvalue weighted by Gasteiger charge is -2.22. The third-order valence-electron chi connectivity index (χ3n) is 2.42. The number of anilines is 1. The fraction of sp³-hybridized carbons (Fsp3) is 0.692. The first kappa shape index (κ1) is 14.2.